The molecule has 248 valence electrons. The molecule has 0 spiro atoms. The minimum Gasteiger partial charge on any atom is -0.453 e. The molecule has 0 bridgehead atoms. The van der Waals surface area contributed by atoms with E-state index >= 15 is 0 Å². The van der Waals surface area contributed by atoms with E-state index in [4.69, 9.17) is 15.9 Å². The number of nitrogens with zero attached hydrogens (tertiary/aromatic N) is 2. The number of carbonyl (C=O) groups excluding carboxylic acids is 5. The molecule has 1 atom stereocenters. The molecule has 2 aliphatic rings. The van der Waals surface area contributed by atoms with Gasteiger partial charge in [0.2, 0.25) is 0 Å². The molecular formula is C18H36N4O18S2. The van der Waals surface area contributed by atoms with E-state index in [0.29, 0.717) is 24.0 Å². The van der Waals surface area contributed by atoms with Gasteiger partial charge < -0.3 is 49.7 Å². The Balaban J connectivity index is -0.000000466. The fourth-order valence-electron chi connectivity index (χ4n) is 1.65. The van der Waals surface area contributed by atoms with Gasteiger partial charge in [0.15, 0.2) is 0 Å². The molecule has 0 aromatic heterocycles. The lowest BCUT2D eigenvalue weighted by Crippen LogP contribution is -2.32. The maximum atomic E-state index is 10.8. The van der Waals surface area contributed by atoms with Crippen LogP contribution in [-0.4, -0.2) is 150 Å². The van der Waals surface area contributed by atoms with Crippen molar-refractivity contribution in [2.45, 2.75) is 0 Å². The number of amides is 3. The van der Waals surface area contributed by atoms with Crippen LogP contribution in [0.1, 0.15) is 0 Å². The topological polar surface area (TPSA) is 295 Å². The van der Waals surface area contributed by atoms with Crippen LogP contribution in [0.15, 0.2) is 0 Å². The van der Waals surface area contributed by atoms with Gasteiger partial charge in [0.25, 0.3) is 11.3 Å². The lowest BCUT2D eigenvalue weighted by atomic mass is 10.7. The van der Waals surface area contributed by atoms with Gasteiger partial charge in [-0.3, -0.25) is 8.37 Å². The lowest BCUT2D eigenvalue weighted by Gasteiger charge is -2.09. The van der Waals surface area contributed by atoms with Gasteiger partial charge in [-0.1, -0.05) is 0 Å². The summed E-state index contributed by atoms with van der Waals surface area (Å²) in [5, 5.41) is 18.2. The molecule has 0 aromatic rings. The fraction of sp³-hybridized carbons (Fsp3) is 0.722. The van der Waals surface area contributed by atoms with Gasteiger partial charge in [0.05, 0.1) is 75.1 Å². The Hall–Kier alpha value is -3.55. The molecule has 22 nitrogen and oxygen atoms in total. The molecule has 24 heteroatoms. The first-order valence-corrected chi connectivity index (χ1v) is 13.4. The Bertz CT molecular complexity index is 919. The average molecular weight is 661 g/mol. The first kappa shape index (κ1) is 42.9. The van der Waals surface area contributed by atoms with Gasteiger partial charge in [-0.15, -0.1) is 0 Å². The third-order valence-electron chi connectivity index (χ3n) is 3.41. The number of hydrogen-bond donors (Lipinski definition) is 4. The van der Waals surface area contributed by atoms with E-state index in [0.717, 1.165) is 25.6 Å². The highest BCUT2D eigenvalue weighted by molar-refractivity contribution is 7.85. The molecule has 1 unspecified atom stereocenters. The number of nitrogens with two attached hydrogens (primary N) is 1. The van der Waals surface area contributed by atoms with Crippen molar-refractivity contribution in [2.24, 2.45) is 5.73 Å². The average Bonchev–Trinajstić information content (AvgIpc) is 3.59. The highest BCUT2D eigenvalue weighted by Crippen LogP contribution is 2.11. The van der Waals surface area contributed by atoms with Crippen LogP contribution in [-0.2, 0) is 58.4 Å². The number of alkyl carbamates (subject to hydrolysis) is 1. The Morgan fingerprint density at radius 3 is 1.69 bits per heavy atom. The minimum atomic E-state index is -3.84. The Labute approximate surface area is 243 Å². The highest BCUT2D eigenvalue weighted by atomic mass is 32.2. The van der Waals surface area contributed by atoms with Gasteiger partial charge in [0, 0.05) is 13.1 Å². The number of methoxy groups -OCH3 is 5. The molecule has 5 N–H and O–H groups in total. The van der Waals surface area contributed by atoms with Gasteiger partial charge in [-0.05, 0) is 0 Å². The van der Waals surface area contributed by atoms with Crippen molar-refractivity contribution in [3.05, 3.63) is 0 Å². The van der Waals surface area contributed by atoms with E-state index in [1.165, 1.54) is 14.2 Å². The van der Waals surface area contributed by atoms with E-state index in [2.05, 4.69) is 42.1 Å². The number of ether oxygens (including phenoxy) is 6. The zero-order chi connectivity index (χ0) is 33.1. The predicted molar refractivity (Wildman–Crippen MR) is 137 cm³/mol. The zero-order valence-electron chi connectivity index (χ0n) is 23.4. The van der Waals surface area contributed by atoms with Crippen molar-refractivity contribution >= 4 is 52.2 Å². The summed E-state index contributed by atoms with van der Waals surface area (Å²) in [5.74, 6) is 0. The largest absolute Gasteiger partial charge is 0.518 e. The molecule has 0 radical (unpaired) electrons. The normalized spacial score (nSPS) is 15.6. The van der Waals surface area contributed by atoms with Crippen molar-refractivity contribution < 1.29 is 83.6 Å². The first-order valence-electron chi connectivity index (χ1n) is 11.0. The number of rotatable bonds is 3. The molecule has 2 heterocycles. The Morgan fingerprint density at radius 1 is 0.857 bits per heavy atom. The van der Waals surface area contributed by atoms with E-state index in [1.54, 1.807) is 0 Å². The van der Waals surface area contributed by atoms with Crippen LogP contribution < -0.4 is 11.1 Å². The van der Waals surface area contributed by atoms with Crippen LogP contribution in [0, 0.1) is 0 Å². The summed E-state index contributed by atoms with van der Waals surface area (Å²) >= 11 is -1.63. The first-order chi connectivity index (χ1) is 19.8. The van der Waals surface area contributed by atoms with Gasteiger partial charge >= 0.3 is 40.9 Å². The van der Waals surface area contributed by atoms with Crippen LogP contribution in [0.5, 0.6) is 0 Å². The third-order valence-corrected chi connectivity index (χ3v) is 5.80. The summed E-state index contributed by atoms with van der Waals surface area (Å²) in [5.41, 5.74) is 4.78. The quantitative estimate of drug-likeness (QED) is 0.142. The number of hydrogen-bond acceptors (Lipinski definition) is 19. The Kier molecular flexibility index (Phi) is 26.9. The summed E-state index contributed by atoms with van der Waals surface area (Å²) in [6.07, 6.45) is -4.21. The molecule has 3 amide bonds. The number of aliphatic hydroxyl groups is 2. The molecule has 0 saturated carbocycles. The molecule has 0 aliphatic carbocycles. The molecule has 2 rings (SSSR count). The summed E-state index contributed by atoms with van der Waals surface area (Å²) in [4.78, 5) is 51.5. The van der Waals surface area contributed by atoms with Crippen molar-refractivity contribution in [2.75, 3.05) is 88.2 Å². The minimum absolute atomic E-state index is 0.00255. The summed E-state index contributed by atoms with van der Waals surface area (Å²) < 4.78 is 67.1. The van der Waals surface area contributed by atoms with E-state index in [9.17, 15) is 36.6 Å². The van der Waals surface area contributed by atoms with E-state index in [1.807, 2.05) is 0 Å². The second-order valence-electron chi connectivity index (χ2n) is 6.10. The van der Waals surface area contributed by atoms with Crippen molar-refractivity contribution in [3.63, 3.8) is 0 Å². The summed E-state index contributed by atoms with van der Waals surface area (Å²) in [6.45, 7) is 1.31. The standard InChI is InChI=1S/C4H7NO5S.C4H7NO4S.C4H9NO3.C4H6O5.C2H7NO/c1-9-4(6)5-2-3-10-11(5,7)8;1-8-4(6)5-2-3-9-10(5)7;1-8-4(7)5-2-3-6;1-7-3(5)9-4(6)8-2;3-1-2-4/h2-3H2,1H3;2-3H2,1H3;6H,2-3H2,1H3,(H,5,7);1-2H3;4H,1-3H2. The summed E-state index contributed by atoms with van der Waals surface area (Å²) in [6, 6.07) is 0. The third kappa shape index (κ3) is 21.2. The van der Waals surface area contributed by atoms with Gasteiger partial charge in [-0.2, -0.15) is 12.7 Å². The van der Waals surface area contributed by atoms with Crippen LogP contribution >= 0.6 is 0 Å². The second kappa shape index (κ2) is 26.4. The smallest absolute Gasteiger partial charge is 0.453 e. The number of nitrogens with one attached hydrogen (secondary N) is 1. The maximum Gasteiger partial charge on any atom is 0.518 e. The second-order valence-corrected chi connectivity index (χ2v) is 8.74. The molecular weight excluding hydrogens is 624 g/mol. The SMILES string of the molecule is COC(=O)N1CCOS1(=O)=O.COC(=O)N1CCOS1=O.COC(=O)NCCO.COC(=O)OC(=O)OC.NCCO. The molecule has 2 fully saturated rings. The van der Waals surface area contributed by atoms with E-state index in [-0.39, 0.29) is 32.9 Å². The van der Waals surface area contributed by atoms with Gasteiger partial charge in [-0.25, -0.2) is 32.5 Å². The zero-order valence-corrected chi connectivity index (χ0v) is 25.0. The number of carbonyl (C=O) groups is 5. The molecule has 2 aliphatic heterocycles. The van der Waals surface area contributed by atoms with Crippen molar-refractivity contribution in [1.82, 2.24) is 13.9 Å². The molecule has 42 heavy (non-hydrogen) atoms. The van der Waals surface area contributed by atoms with Crippen LogP contribution in [0.25, 0.3) is 0 Å². The fourth-order valence-corrected chi connectivity index (χ4v) is 3.38. The monoisotopic (exact) mass is 660 g/mol. The number of aliphatic hydroxyl groups excluding tert-OH is 2. The summed E-state index contributed by atoms with van der Waals surface area (Å²) in [7, 11) is 1.95. The highest BCUT2D eigenvalue weighted by Gasteiger charge is 2.34. The van der Waals surface area contributed by atoms with E-state index < -0.39 is 52.2 Å². The van der Waals surface area contributed by atoms with Gasteiger partial charge in [0.1, 0.15) is 0 Å². The molecule has 0 aromatic carbocycles. The van der Waals surface area contributed by atoms with Crippen molar-refractivity contribution in [3.8, 4) is 0 Å². The lowest BCUT2D eigenvalue weighted by molar-refractivity contribution is 0.0567. The Morgan fingerprint density at radius 2 is 1.38 bits per heavy atom. The molecule has 2 saturated heterocycles. The van der Waals surface area contributed by atoms with Crippen LogP contribution in [0.2, 0.25) is 0 Å². The van der Waals surface area contributed by atoms with Crippen LogP contribution in [0.3, 0.4) is 0 Å². The van der Waals surface area contributed by atoms with Crippen LogP contribution in [0.4, 0.5) is 24.0 Å². The maximum absolute atomic E-state index is 10.8. The van der Waals surface area contributed by atoms with Crippen molar-refractivity contribution in [1.29, 1.82) is 0 Å². The predicted octanol–water partition coefficient (Wildman–Crippen LogP) is -2.20.